The van der Waals surface area contributed by atoms with Crippen molar-refractivity contribution in [2.45, 2.75) is 25.8 Å². The Kier molecular flexibility index (Phi) is 4.81. The average Bonchev–Trinajstić information content (AvgIpc) is 2.32. The Bertz CT molecular complexity index is 438. The predicted molar refractivity (Wildman–Crippen MR) is 76.0 cm³/mol. The summed E-state index contributed by atoms with van der Waals surface area (Å²) in [5, 5.41) is 0. The van der Waals surface area contributed by atoms with Gasteiger partial charge in [-0.1, -0.05) is 30.4 Å². The standard InChI is InChI=1S/C16H22N2/c1-18(12-15-6-3-7-15)13-16-8-2-5-14(11-16)9-4-10-17/h2,5,8,11,15H,3,6-7,10,12-13,17H2,1H3. The molecule has 1 aromatic rings. The minimum absolute atomic E-state index is 0.422. The van der Waals surface area contributed by atoms with Gasteiger partial charge in [0.1, 0.15) is 0 Å². The second kappa shape index (κ2) is 6.58. The van der Waals surface area contributed by atoms with E-state index >= 15 is 0 Å². The lowest BCUT2D eigenvalue weighted by Gasteiger charge is -2.30. The third-order valence-electron chi connectivity index (χ3n) is 3.51. The first-order chi connectivity index (χ1) is 8.78. The van der Waals surface area contributed by atoms with Gasteiger partial charge in [-0.2, -0.15) is 0 Å². The smallest absolute Gasteiger partial charge is 0.0555 e. The summed E-state index contributed by atoms with van der Waals surface area (Å²) < 4.78 is 0. The van der Waals surface area contributed by atoms with Crippen LogP contribution in [-0.2, 0) is 6.54 Å². The monoisotopic (exact) mass is 242 g/mol. The van der Waals surface area contributed by atoms with Crippen LogP contribution in [0.2, 0.25) is 0 Å². The van der Waals surface area contributed by atoms with E-state index in [0.29, 0.717) is 6.54 Å². The molecular weight excluding hydrogens is 220 g/mol. The zero-order chi connectivity index (χ0) is 12.8. The topological polar surface area (TPSA) is 29.3 Å². The molecule has 2 nitrogen and oxygen atoms in total. The molecule has 0 aliphatic heterocycles. The van der Waals surface area contributed by atoms with Gasteiger partial charge in [0.15, 0.2) is 0 Å². The summed E-state index contributed by atoms with van der Waals surface area (Å²) in [6.07, 6.45) is 4.24. The molecule has 0 radical (unpaired) electrons. The quantitative estimate of drug-likeness (QED) is 0.820. The minimum atomic E-state index is 0.422. The first kappa shape index (κ1) is 13.1. The minimum Gasteiger partial charge on any atom is -0.320 e. The summed E-state index contributed by atoms with van der Waals surface area (Å²) >= 11 is 0. The predicted octanol–water partition coefficient (Wildman–Crippen LogP) is 2.23. The van der Waals surface area contributed by atoms with Crippen LogP contribution in [0.25, 0.3) is 0 Å². The van der Waals surface area contributed by atoms with Gasteiger partial charge in [0.05, 0.1) is 6.54 Å². The van der Waals surface area contributed by atoms with E-state index in [1.54, 1.807) is 0 Å². The highest BCUT2D eigenvalue weighted by Crippen LogP contribution is 2.27. The Morgan fingerprint density at radius 2 is 2.22 bits per heavy atom. The van der Waals surface area contributed by atoms with E-state index in [9.17, 15) is 0 Å². The van der Waals surface area contributed by atoms with E-state index in [4.69, 9.17) is 5.73 Å². The van der Waals surface area contributed by atoms with Gasteiger partial charge < -0.3 is 10.6 Å². The lowest BCUT2D eigenvalue weighted by molar-refractivity contribution is 0.200. The summed E-state index contributed by atoms with van der Waals surface area (Å²) in [6.45, 7) is 2.65. The number of hydrogen-bond donors (Lipinski definition) is 1. The summed E-state index contributed by atoms with van der Waals surface area (Å²) in [5.74, 6) is 6.91. The van der Waals surface area contributed by atoms with E-state index in [1.165, 1.54) is 31.4 Å². The first-order valence-corrected chi connectivity index (χ1v) is 6.74. The average molecular weight is 242 g/mol. The lowest BCUT2D eigenvalue weighted by atomic mass is 9.85. The van der Waals surface area contributed by atoms with Crippen molar-refractivity contribution in [1.29, 1.82) is 0 Å². The molecular formula is C16H22N2. The van der Waals surface area contributed by atoms with Gasteiger partial charge in [0.2, 0.25) is 0 Å². The second-order valence-corrected chi connectivity index (χ2v) is 5.20. The van der Waals surface area contributed by atoms with Crippen LogP contribution in [0, 0.1) is 17.8 Å². The summed E-state index contributed by atoms with van der Waals surface area (Å²) in [7, 11) is 2.20. The van der Waals surface area contributed by atoms with Gasteiger partial charge in [-0.25, -0.2) is 0 Å². The van der Waals surface area contributed by atoms with Crippen molar-refractivity contribution in [1.82, 2.24) is 4.90 Å². The number of nitrogens with zero attached hydrogens (tertiary/aromatic N) is 1. The molecule has 1 saturated carbocycles. The Morgan fingerprint density at radius 3 is 2.89 bits per heavy atom. The third kappa shape index (κ3) is 3.87. The van der Waals surface area contributed by atoms with Crippen LogP contribution < -0.4 is 5.73 Å². The van der Waals surface area contributed by atoms with E-state index in [2.05, 4.69) is 42.0 Å². The molecule has 0 bridgehead atoms. The molecule has 0 atom stereocenters. The van der Waals surface area contributed by atoms with Gasteiger partial charge in [-0.15, -0.1) is 0 Å². The molecule has 0 aromatic heterocycles. The van der Waals surface area contributed by atoms with Crippen molar-refractivity contribution in [3.8, 4) is 11.8 Å². The van der Waals surface area contributed by atoms with Gasteiger partial charge >= 0.3 is 0 Å². The zero-order valence-corrected chi connectivity index (χ0v) is 11.2. The molecule has 18 heavy (non-hydrogen) atoms. The Morgan fingerprint density at radius 1 is 1.39 bits per heavy atom. The first-order valence-electron chi connectivity index (χ1n) is 6.74. The molecule has 96 valence electrons. The highest BCUT2D eigenvalue weighted by molar-refractivity contribution is 5.37. The SMILES string of the molecule is CN(Cc1cccc(C#CCN)c1)CC1CCC1. The highest BCUT2D eigenvalue weighted by Gasteiger charge is 2.18. The van der Waals surface area contributed by atoms with Crippen LogP contribution in [0.15, 0.2) is 24.3 Å². The number of benzene rings is 1. The number of nitrogens with two attached hydrogens (primary N) is 1. The summed E-state index contributed by atoms with van der Waals surface area (Å²) in [5.41, 5.74) is 7.79. The van der Waals surface area contributed by atoms with Gasteiger partial charge in [-0.3, -0.25) is 0 Å². The van der Waals surface area contributed by atoms with Gasteiger partial charge in [0, 0.05) is 18.7 Å². The zero-order valence-electron chi connectivity index (χ0n) is 11.2. The summed E-state index contributed by atoms with van der Waals surface area (Å²) in [4.78, 5) is 2.42. The largest absolute Gasteiger partial charge is 0.320 e. The number of hydrogen-bond acceptors (Lipinski definition) is 2. The fourth-order valence-electron chi connectivity index (χ4n) is 2.39. The van der Waals surface area contributed by atoms with Crippen molar-refractivity contribution < 1.29 is 0 Å². The van der Waals surface area contributed by atoms with Crippen molar-refractivity contribution in [2.24, 2.45) is 11.7 Å². The van der Waals surface area contributed by atoms with Crippen molar-refractivity contribution in [2.75, 3.05) is 20.1 Å². The van der Waals surface area contributed by atoms with Crippen LogP contribution >= 0.6 is 0 Å². The van der Waals surface area contributed by atoms with Crippen LogP contribution in [-0.4, -0.2) is 25.0 Å². The normalized spacial score (nSPS) is 15.1. The van der Waals surface area contributed by atoms with Crippen LogP contribution in [0.5, 0.6) is 0 Å². The highest BCUT2D eigenvalue weighted by atomic mass is 15.1. The van der Waals surface area contributed by atoms with E-state index in [0.717, 1.165) is 18.0 Å². The second-order valence-electron chi connectivity index (χ2n) is 5.20. The maximum atomic E-state index is 5.39. The lowest BCUT2D eigenvalue weighted by Crippen LogP contribution is -2.29. The number of rotatable bonds is 4. The molecule has 1 aromatic carbocycles. The van der Waals surface area contributed by atoms with E-state index < -0.39 is 0 Å². The van der Waals surface area contributed by atoms with Crippen LogP contribution in [0.3, 0.4) is 0 Å². The molecule has 0 amide bonds. The van der Waals surface area contributed by atoms with Crippen molar-refractivity contribution in [3.05, 3.63) is 35.4 Å². The molecule has 2 rings (SSSR count). The van der Waals surface area contributed by atoms with Crippen molar-refractivity contribution in [3.63, 3.8) is 0 Å². The molecule has 1 aliphatic rings. The molecule has 2 N–H and O–H groups in total. The van der Waals surface area contributed by atoms with Crippen molar-refractivity contribution >= 4 is 0 Å². The molecule has 0 spiro atoms. The Balaban J connectivity index is 1.91. The van der Waals surface area contributed by atoms with E-state index in [1.807, 2.05) is 6.07 Å². The van der Waals surface area contributed by atoms with E-state index in [-0.39, 0.29) is 0 Å². The molecule has 2 heteroatoms. The third-order valence-corrected chi connectivity index (χ3v) is 3.51. The summed E-state index contributed by atoms with van der Waals surface area (Å²) in [6, 6.07) is 8.45. The van der Waals surface area contributed by atoms with Crippen LogP contribution in [0.1, 0.15) is 30.4 Å². The molecule has 1 fully saturated rings. The van der Waals surface area contributed by atoms with Crippen LogP contribution in [0.4, 0.5) is 0 Å². The Labute approximate surface area is 110 Å². The molecule has 0 unspecified atom stereocenters. The molecule has 0 saturated heterocycles. The molecule has 1 aliphatic carbocycles. The maximum absolute atomic E-state index is 5.39. The maximum Gasteiger partial charge on any atom is 0.0555 e. The van der Waals surface area contributed by atoms with Gasteiger partial charge in [-0.05, 0) is 43.5 Å². The Hall–Kier alpha value is -1.30. The fourth-order valence-corrected chi connectivity index (χ4v) is 2.39. The fraction of sp³-hybridized carbons (Fsp3) is 0.500. The molecule has 0 heterocycles. The van der Waals surface area contributed by atoms with Gasteiger partial charge in [0.25, 0.3) is 0 Å².